The molecule has 1 N–H and O–H groups in total. The second kappa shape index (κ2) is 7.85. The summed E-state index contributed by atoms with van der Waals surface area (Å²) in [6.45, 7) is 4.03. The van der Waals surface area contributed by atoms with E-state index in [1.165, 1.54) is 28.7 Å². The number of aromatic amines is 1. The molecule has 0 aliphatic carbocycles. The lowest BCUT2D eigenvalue weighted by molar-refractivity contribution is 0.152. The Kier molecular flexibility index (Phi) is 5.14. The quantitative estimate of drug-likeness (QED) is 0.726. The van der Waals surface area contributed by atoms with E-state index in [1.807, 2.05) is 12.3 Å². The minimum absolute atomic E-state index is 0.653. The van der Waals surface area contributed by atoms with Gasteiger partial charge >= 0.3 is 0 Å². The number of likely N-dealkylation sites (tertiary alicyclic amines) is 1. The number of benzene rings is 2. The first-order chi connectivity index (χ1) is 12.8. The van der Waals surface area contributed by atoms with Crippen LogP contribution in [-0.2, 0) is 11.3 Å². The van der Waals surface area contributed by atoms with Crippen LogP contribution in [0.25, 0.3) is 22.4 Å². The smallest absolute Gasteiger partial charge is 0.0695 e. The Morgan fingerprint density at radius 1 is 1.04 bits per heavy atom. The average molecular weight is 347 g/mol. The minimum atomic E-state index is 0.653. The zero-order valence-electron chi connectivity index (χ0n) is 15.2. The Morgan fingerprint density at radius 2 is 1.77 bits per heavy atom. The second-order valence-corrected chi connectivity index (χ2v) is 7.06. The molecule has 134 valence electrons. The number of H-pyrrole nitrogens is 1. The van der Waals surface area contributed by atoms with Crippen molar-refractivity contribution < 1.29 is 4.74 Å². The van der Waals surface area contributed by atoms with Gasteiger partial charge in [0.05, 0.1) is 18.5 Å². The molecule has 26 heavy (non-hydrogen) atoms. The summed E-state index contributed by atoms with van der Waals surface area (Å²) < 4.78 is 5.30. The van der Waals surface area contributed by atoms with Crippen LogP contribution in [0, 0.1) is 5.92 Å². The van der Waals surface area contributed by atoms with Gasteiger partial charge in [-0.25, -0.2) is 0 Å². The van der Waals surface area contributed by atoms with E-state index >= 15 is 0 Å². The highest BCUT2D eigenvalue weighted by atomic mass is 16.5. The third-order valence-electron chi connectivity index (χ3n) is 5.16. The highest BCUT2D eigenvalue weighted by Gasteiger charge is 2.23. The number of nitrogens with one attached hydrogen (secondary N) is 1. The van der Waals surface area contributed by atoms with Gasteiger partial charge in [0.15, 0.2) is 0 Å². The van der Waals surface area contributed by atoms with Crippen molar-refractivity contribution in [2.75, 3.05) is 26.8 Å². The van der Waals surface area contributed by atoms with Crippen molar-refractivity contribution in [1.29, 1.82) is 0 Å². The fraction of sp³-hybridized carbons (Fsp3) is 0.318. The van der Waals surface area contributed by atoms with Gasteiger partial charge in [0.1, 0.15) is 0 Å². The SMILES string of the molecule is COC[C@H]1CCN(Cc2cn[nH]c2-c2ccc(-c3ccccc3)cc2)C1. The number of nitrogens with zero attached hydrogens (tertiary/aromatic N) is 2. The van der Waals surface area contributed by atoms with Gasteiger partial charge in [-0.15, -0.1) is 0 Å². The first kappa shape index (κ1) is 17.0. The molecule has 0 bridgehead atoms. The van der Waals surface area contributed by atoms with Crippen LogP contribution in [0.4, 0.5) is 0 Å². The summed E-state index contributed by atoms with van der Waals surface area (Å²) in [5.41, 5.74) is 6.04. The molecule has 0 saturated carbocycles. The van der Waals surface area contributed by atoms with Crippen LogP contribution in [0.15, 0.2) is 60.8 Å². The van der Waals surface area contributed by atoms with E-state index in [2.05, 4.69) is 63.6 Å². The lowest BCUT2D eigenvalue weighted by Gasteiger charge is -2.16. The molecule has 1 aromatic heterocycles. The number of ether oxygens (including phenoxy) is 1. The van der Waals surface area contributed by atoms with Gasteiger partial charge in [0.2, 0.25) is 0 Å². The molecule has 4 nitrogen and oxygen atoms in total. The number of rotatable bonds is 6. The molecular weight excluding hydrogens is 322 g/mol. The van der Waals surface area contributed by atoms with Crippen LogP contribution in [0.1, 0.15) is 12.0 Å². The summed E-state index contributed by atoms with van der Waals surface area (Å²) in [7, 11) is 1.79. The fourth-order valence-electron chi connectivity index (χ4n) is 3.81. The monoisotopic (exact) mass is 347 g/mol. The largest absolute Gasteiger partial charge is 0.384 e. The van der Waals surface area contributed by atoms with Gasteiger partial charge in [-0.05, 0) is 35.6 Å². The van der Waals surface area contributed by atoms with E-state index in [0.717, 1.165) is 31.9 Å². The maximum Gasteiger partial charge on any atom is 0.0695 e. The zero-order chi connectivity index (χ0) is 17.8. The summed E-state index contributed by atoms with van der Waals surface area (Å²) in [5, 5.41) is 7.49. The minimum Gasteiger partial charge on any atom is -0.384 e. The topological polar surface area (TPSA) is 41.1 Å². The molecule has 1 atom stereocenters. The van der Waals surface area contributed by atoms with Crippen molar-refractivity contribution in [3.05, 3.63) is 66.4 Å². The highest BCUT2D eigenvalue weighted by Crippen LogP contribution is 2.27. The van der Waals surface area contributed by atoms with Crippen molar-refractivity contribution in [3.8, 4) is 22.4 Å². The van der Waals surface area contributed by atoms with Gasteiger partial charge in [0, 0.05) is 25.8 Å². The van der Waals surface area contributed by atoms with Crippen molar-refractivity contribution in [2.24, 2.45) is 5.92 Å². The molecule has 1 aliphatic rings. The van der Waals surface area contributed by atoms with E-state index in [4.69, 9.17) is 4.74 Å². The van der Waals surface area contributed by atoms with Crippen molar-refractivity contribution >= 4 is 0 Å². The van der Waals surface area contributed by atoms with Crippen LogP contribution in [-0.4, -0.2) is 41.9 Å². The van der Waals surface area contributed by atoms with E-state index in [-0.39, 0.29) is 0 Å². The summed E-state index contributed by atoms with van der Waals surface area (Å²) in [5.74, 6) is 0.653. The van der Waals surface area contributed by atoms with Crippen molar-refractivity contribution in [3.63, 3.8) is 0 Å². The average Bonchev–Trinajstić information content (AvgIpc) is 3.33. The molecule has 0 spiro atoms. The normalized spacial score (nSPS) is 17.7. The molecule has 0 radical (unpaired) electrons. The summed E-state index contributed by atoms with van der Waals surface area (Å²) in [6.07, 6.45) is 3.18. The van der Waals surface area contributed by atoms with Gasteiger partial charge < -0.3 is 4.74 Å². The van der Waals surface area contributed by atoms with E-state index < -0.39 is 0 Å². The maximum absolute atomic E-state index is 5.30. The Morgan fingerprint density at radius 3 is 2.54 bits per heavy atom. The molecule has 4 heteroatoms. The Bertz CT molecular complexity index is 826. The number of hydrogen-bond donors (Lipinski definition) is 1. The van der Waals surface area contributed by atoms with E-state index in [1.54, 1.807) is 7.11 Å². The molecule has 1 saturated heterocycles. The molecule has 4 rings (SSSR count). The Labute approximate surface area is 154 Å². The summed E-state index contributed by atoms with van der Waals surface area (Å²) in [6, 6.07) is 19.2. The first-order valence-corrected chi connectivity index (χ1v) is 9.23. The Balaban J connectivity index is 1.48. The van der Waals surface area contributed by atoms with Crippen LogP contribution >= 0.6 is 0 Å². The molecule has 3 aromatic rings. The van der Waals surface area contributed by atoms with Crippen molar-refractivity contribution in [1.82, 2.24) is 15.1 Å². The van der Waals surface area contributed by atoms with Crippen molar-refractivity contribution in [2.45, 2.75) is 13.0 Å². The van der Waals surface area contributed by atoms with Gasteiger partial charge in [0.25, 0.3) is 0 Å². The van der Waals surface area contributed by atoms with E-state index in [0.29, 0.717) is 5.92 Å². The van der Waals surface area contributed by atoms with Gasteiger partial charge in [-0.2, -0.15) is 5.10 Å². The number of methoxy groups -OCH3 is 1. The van der Waals surface area contributed by atoms with Gasteiger partial charge in [-0.1, -0.05) is 54.6 Å². The summed E-state index contributed by atoms with van der Waals surface area (Å²) >= 11 is 0. The Hall–Kier alpha value is -2.43. The van der Waals surface area contributed by atoms with Crippen LogP contribution in [0.5, 0.6) is 0 Å². The fourth-order valence-corrected chi connectivity index (χ4v) is 3.81. The van der Waals surface area contributed by atoms with E-state index in [9.17, 15) is 0 Å². The lowest BCUT2D eigenvalue weighted by atomic mass is 10.0. The first-order valence-electron chi connectivity index (χ1n) is 9.23. The predicted octanol–water partition coefficient (Wildman–Crippen LogP) is 4.21. The maximum atomic E-state index is 5.30. The third-order valence-corrected chi connectivity index (χ3v) is 5.16. The molecular formula is C22H25N3O. The molecule has 2 heterocycles. The predicted molar refractivity (Wildman–Crippen MR) is 105 cm³/mol. The third kappa shape index (κ3) is 3.71. The number of hydrogen-bond acceptors (Lipinski definition) is 3. The molecule has 0 unspecified atom stereocenters. The second-order valence-electron chi connectivity index (χ2n) is 7.06. The highest BCUT2D eigenvalue weighted by molar-refractivity contribution is 5.69. The molecule has 2 aromatic carbocycles. The molecule has 1 fully saturated rings. The van der Waals surface area contributed by atoms with Gasteiger partial charge in [-0.3, -0.25) is 10.00 Å². The molecule has 0 amide bonds. The lowest BCUT2D eigenvalue weighted by Crippen LogP contribution is -2.21. The van der Waals surface area contributed by atoms with Crippen LogP contribution < -0.4 is 0 Å². The van der Waals surface area contributed by atoms with Crippen LogP contribution in [0.2, 0.25) is 0 Å². The zero-order valence-corrected chi connectivity index (χ0v) is 15.2. The summed E-state index contributed by atoms with van der Waals surface area (Å²) in [4.78, 5) is 2.50. The standard InChI is InChI=1S/C22H25N3O/c1-26-16-17-11-12-25(14-17)15-21-13-23-24-22(21)20-9-7-19(8-10-20)18-5-3-2-4-6-18/h2-10,13,17H,11-12,14-16H2,1H3,(H,23,24)/t17-/m0/s1. The van der Waals surface area contributed by atoms with Crippen LogP contribution in [0.3, 0.4) is 0 Å². The molecule has 1 aliphatic heterocycles. The number of aromatic nitrogens is 2.